The third-order valence-electron chi connectivity index (χ3n) is 2.62. The Balaban J connectivity index is 2.27. The second kappa shape index (κ2) is 5.06. The lowest BCUT2D eigenvalue weighted by Crippen LogP contribution is -2.13. The van der Waals surface area contributed by atoms with Crippen molar-refractivity contribution in [1.82, 2.24) is 15.5 Å². The minimum atomic E-state index is -3.73. The van der Waals surface area contributed by atoms with E-state index in [4.69, 9.17) is 4.42 Å². The molecule has 19 heavy (non-hydrogen) atoms. The molecule has 0 aromatic carbocycles. The number of aromatic amines is 1. The second-order valence-corrected chi connectivity index (χ2v) is 5.78. The van der Waals surface area contributed by atoms with Gasteiger partial charge in [-0.25, -0.2) is 0 Å². The Labute approximate surface area is 111 Å². The van der Waals surface area contributed by atoms with Gasteiger partial charge in [0.15, 0.2) is 0 Å². The van der Waals surface area contributed by atoms with Crippen LogP contribution in [0.4, 0.5) is 5.69 Å². The number of nitrogens with zero attached hydrogens (tertiary/aromatic N) is 1. The molecular weight excluding hydrogens is 268 g/mol. The van der Waals surface area contributed by atoms with Crippen LogP contribution in [0, 0.1) is 13.8 Å². The van der Waals surface area contributed by atoms with Gasteiger partial charge in [0, 0.05) is 0 Å². The van der Waals surface area contributed by atoms with Crippen molar-refractivity contribution in [3.05, 3.63) is 29.3 Å². The third-order valence-corrected chi connectivity index (χ3v) is 3.84. The Bertz CT molecular complexity index is 652. The summed E-state index contributed by atoms with van der Waals surface area (Å²) in [5, 5.41) is 9.43. The molecular formula is C11H16N4O3S. The molecule has 2 heterocycles. The highest BCUT2D eigenvalue weighted by molar-refractivity contribution is 7.92. The molecule has 0 aliphatic heterocycles. The number of hydrogen-bond acceptors (Lipinski definition) is 5. The molecule has 0 bridgehead atoms. The van der Waals surface area contributed by atoms with Crippen molar-refractivity contribution in [3.8, 4) is 0 Å². The molecule has 0 fully saturated rings. The minimum absolute atomic E-state index is 0.113. The predicted molar refractivity (Wildman–Crippen MR) is 70.3 cm³/mol. The van der Waals surface area contributed by atoms with E-state index in [-0.39, 0.29) is 5.09 Å². The van der Waals surface area contributed by atoms with Crippen LogP contribution >= 0.6 is 0 Å². The fourth-order valence-electron chi connectivity index (χ4n) is 1.66. The summed E-state index contributed by atoms with van der Waals surface area (Å²) in [5.74, 6) is 0.559. The van der Waals surface area contributed by atoms with Gasteiger partial charge in [-0.2, -0.15) is 13.5 Å². The van der Waals surface area contributed by atoms with Crippen LogP contribution in [0.25, 0.3) is 0 Å². The summed E-state index contributed by atoms with van der Waals surface area (Å²) in [6.07, 6.45) is 0. The lowest BCUT2D eigenvalue weighted by molar-refractivity contribution is 0.408. The number of hydrogen-bond donors (Lipinski definition) is 3. The van der Waals surface area contributed by atoms with Crippen molar-refractivity contribution in [2.75, 3.05) is 11.8 Å². The number of furan rings is 1. The Morgan fingerprint density at radius 1 is 1.37 bits per heavy atom. The summed E-state index contributed by atoms with van der Waals surface area (Å²) < 4.78 is 32.1. The van der Waals surface area contributed by atoms with Gasteiger partial charge in [0.05, 0.1) is 23.6 Å². The van der Waals surface area contributed by atoms with Gasteiger partial charge in [-0.3, -0.25) is 9.82 Å². The molecule has 0 atom stereocenters. The van der Waals surface area contributed by atoms with Crippen molar-refractivity contribution < 1.29 is 12.8 Å². The average Bonchev–Trinajstić information content (AvgIpc) is 2.92. The van der Waals surface area contributed by atoms with Gasteiger partial charge in [-0.15, -0.1) is 0 Å². The molecule has 0 saturated heterocycles. The van der Waals surface area contributed by atoms with Gasteiger partial charge < -0.3 is 9.73 Å². The molecule has 2 aromatic rings. The number of sulfonamides is 1. The fourth-order valence-corrected chi connectivity index (χ4v) is 2.79. The zero-order valence-corrected chi connectivity index (χ0v) is 11.8. The number of aromatic nitrogens is 2. The van der Waals surface area contributed by atoms with Crippen LogP contribution in [0.1, 0.15) is 17.1 Å². The molecule has 0 spiro atoms. The Morgan fingerprint density at radius 3 is 2.68 bits per heavy atom. The maximum atomic E-state index is 12.2. The zero-order chi connectivity index (χ0) is 14.0. The summed E-state index contributed by atoms with van der Waals surface area (Å²) in [4.78, 5) is 0. The predicted octanol–water partition coefficient (Wildman–Crippen LogP) is 1.14. The normalized spacial score (nSPS) is 11.7. The first-order valence-electron chi connectivity index (χ1n) is 5.71. The SMILES string of the molecule is CNCc1ccc(S(=O)(=O)Nc2c(C)n[nH]c2C)o1. The number of aryl methyl sites for hydroxylation is 2. The van der Waals surface area contributed by atoms with E-state index in [2.05, 4.69) is 20.2 Å². The highest BCUT2D eigenvalue weighted by Crippen LogP contribution is 2.22. The molecule has 3 N–H and O–H groups in total. The van der Waals surface area contributed by atoms with Gasteiger partial charge >= 0.3 is 0 Å². The van der Waals surface area contributed by atoms with Crippen LogP contribution < -0.4 is 10.0 Å². The molecule has 2 aromatic heterocycles. The number of rotatable bonds is 5. The number of H-pyrrole nitrogens is 1. The molecule has 0 radical (unpaired) electrons. The van der Waals surface area contributed by atoms with E-state index in [0.717, 1.165) is 0 Å². The Hall–Kier alpha value is -1.80. The van der Waals surface area contributed by atoms with E-state index in [1.165, 1.54) is 6.07 Å². The summed E-state index contributed by atoms with van der Waals surface area (Å²) >= 11 is 0. The highest BCUT2D eigenvalue weighted by Gasteiger charge is 2.21. The maximum absolute atomic E-state index is 12.2. The van der Waals surface area contributed by atoms with Crippen LogP contribution in [0.5, 0.6) is 0 Å². The minimum Gasteiger partial charge on any atom is -0.446 e. The zero-order valence-electron chi connectivity index (χ0n) is 10.9. The van der Waals surface area contributed by atoms with E-state index in [0.29, 0.717) is 29.4 Å². The molecule has 0 unspecified atom stereocenters. The second-order valence-electron chi connectivity index (χ2n) is 4.17. The summed E-state index contributed by atoms with van der Waals surface area (Å²) in [6.45, 7) is 3.93. The first-order valence-corrected chi connectivity index (χ1v) is 7.20. The monoisotopic (exact) mass is 284 g/mol. The number of nitrogens with one attached hydrogen (secondary N) is 3. The molecule has 0 saturated carbocycles. The van der Waals surface area contributed by atoms with Gasteiger partial charge in [0.2, 0.25) is 5.09 Å². The lowest BCUT2D eigenvalue weighted by atomic mass is 10.3. The van der Waals surface area contributed by atoms with Crippen LogP contribution in [0.2, 0.25) is 0 Å². The molecule has 0 amide bonds. The fraction of sp³-hybridized carbons (Fsp3) is 0.364. The van der Waals surface area contributed by atoms with Gasteiger partial charge in [-0.1, -0.05) is 0 Å². The quantitative estimate of drug-likeness (QED) is 0.764. The van der Waals surface area contributed by atoms with Crippen molar-refractivity contribution >= 4 is 15.7 Å². The summed E-state index contributed by atoms with van der Waals surface area (Å²) in [5.41, 5.74) is 1.69. The van der Waals surface area contributed by atoms with E-state index in [1.807, 2.05) is 0 Å². The van der Waals surface area contributed by atoms with Crippen LogP contribution in [-0.2, 0) is 16.6 Å². The van der Waals surface area contributed by atoms with Crippen molar-refractivity contribution in [2.24, 2.45) is 0 Å². The molecule has 2 rings (SSSR count). The maximum Gasteiger partial charge on any atom is 0.295 e. The topological polar surface area (TPSA) is 100 Å². The Kier molecular flexibility index (Phi) is 3.63. The molecule has 0 aliphatic rings. The van der Waals surface area contributed by atoms with Crippen molar-refractivity contribution in [3.63, 3.8) is 0 Å². The highest BCUT2D eigenvalue weighted by atomic mass is 32.2. The van der Waals surface area contributed by atoms with Gasteiger partial charge in [-0.05, 0) is 33.0 Å². The standard InChI is InChI=1S/C11H16N4O3S/c1-7-11(8(2)14-13-7)15-19(16,17)10-5-4-9(18-10)6-12-3/h4-5,12,15H,6H2,1-3H3,(H,13,14). The van der Waals surface area contributed by atoms with E-state index in [9.17, 15) is 8.42 Å². The van der Waals surface area contributed by atoms with Crippen LogP contribution in [-0.4, -0.2) is 25.7 Å². The van der Waals surface area contributed by atoms with Crippen LogP contribution in [0.3, 0.4) is 0 Å². The summed E-state index contributed by atoms with van der Waals surface area (Å²) in [7, 11) is -1.97. The lowest BCUT2D eigenvalue weighted by Gasteiger charge is -2.05. The van der Waals surface area contributed by atoms with E-state index < -0.39 is 10.0 Å². The van der Waals surface area contributed by atoms with Gasteiger partial charge in [0.25, 0.3) is 10.0 Å². The smallest absolute Gasteiger partial charge is 0.295 e. The van der Waals surface area contributed by atoms with Crippen LogP contribution in [0.15, 0.2) is 21.6 Å². The van der Waals surface area contributed by atoms with E-state index >= 15 is 0 Å². The third kappa shape index (κ3) is 2.79. The Morgan fingerprint density at radius 2 is 2.11 bits per heavy atom. The summed E-state index contributed by atoms with van der Waals surface area (Å²) in [6, 6.07) is 3.06. The first-order chi connectivity index (χ1) is 8.94. The average molecular weight is 284 g/mol. The molecule has 8 heteroatoms. The van der Waals surface area contributed by atoms with Crippen molar-refractivity contribution in [2.45, 2.75) is 25.5 Å². The van der Waals surface area contributed by atoms with E-state index in [1.54, 1.807) is 27.0 Å². The first kappa shape index (κ1) is 13.6. The number of anilines is 1. The van der Waals surface area contributed by atoms with Gasteiger partial charge in [0.1, 0.15) is 5.76 Å². The largest absolute Gasteiger partial charge is 0.446 e. The molecule has 7 nitrogen and oxygen atoms in total. The molecule has 0 aliphatic carbocycles. The van der Waals surface area contributed by atoms with Crippen molar-refractivity contribution in [1.29, 1.82) is 0 Å². The molecule has 104 valence electrons.